The molecule has 0 fully saturated rings. The summed E-state index contributed by atoms with van der Waals surface area (Å²) in [5.74, 6) is 1.77. The normalized spacial score (nSPS) is 14.4. The van der Waals surface area contributed by atoms with E-state index in [4.69, 9.17) is 4.74 Å². The van der Waals surface area contributed by atoms with Gasteiger partial charge in [0.25, 0.3) is 0 Å². The first-order valence-corrected chi connectivity index (χ1v) is 22.3. The number of para-hydroxylation sites is 5. The number of ether oxygens (including phenoxy) is 1. The number of nitrogens with zero attached hydrogens (tertiary/aromatic N) is 2. The van der Waals surface area contributed by atoms with Gasteiger partial charge in [0.15, 0.2) is 0 Å². The lowest BCUT2D eigenvalue weighted by molar-refractivity contribution is 0.434. The molecule has 3 aliphatic rings. The van der Waals surface area contributed by atoms with Crippen molar-refractivity contribution in [3.63, 3.8) is 0 Å². The van der Waals surface area contributed by atoms with Gasteiger partial charge in [-0.05, 0) is 111 Å². The molecule has 3 heterocycles. The maximum Gasteiger partial charge on any atom is 0.132 e. The van der Waals surface area contributed by atoms with Gasteiger partial charge in [-0.2, -0.15) is 0 Å². The van der Waals surface area contributed by atoms with E-state index in [0.29, 0.717) is 0 Å². The number of rotatable bonds is 3. The molecule has 1 aliphatic carbocycles. The van der Waals surface area contributed by atoms with E-state index in [9.17, 15) is 0 Å². The van der Waals surface area contributed by atoms with E-state index in [1.165, 1.54) is 72.0 Å². The highest BCUT2D eigenvalue weighted by atomic mass is 16.5. The molecular formula is C60H46N2O. The molecule has 10 aromatic rings. The van der Waals surface area contributed by atoms with Gasteiger partial charge >= 0.3 is 0 Å². The minimum absolute atomic E-state index is 0.245. The smallest absolute Gasteiger partial charge is 0.132 e. The van der Waals surface area contributed by atoms with E-state index in [0.717, 1.165) is 39.7 Å². The monoisotopic (exact) mass is 810 g/mol. The Labute approximate surface area is 369 Å². The topological polar surface area (TPSA) is 17.4 Å². The summed E-state index contributed by atoms with van der Waals surface area (Å²) in [5, 5.41) is 2.55. The second kappa shape index (κ2) is 14.0. The van der Waals surface area contributed by atoms with Crippen molar-refractivity contribution in [1.82, 2.24) is 4.57 Å². The van der Waals surface area contributed by atoms with Crippen LogP contribution in [0.4, 0.5) is 17.1 Å². The van der Waals surface area contributed by atoms with Gasteiger partial charge < -0.3 is 14.2 Å². The number of hydrogen-bond acceptors (Lipinski definition) is 2. The summed E-state index contributed by atoms with van der Waals surface area (Å²) in [6.45, 7) is 8.79. The van der Waals surface area contributed by atoms with Crippen LogP contribution in [0.3, 0.4) is 0 Å². The van der Waals surface area contributed by atoms with Crippen molar-refractivity contribution in [1.29, 1.82) is 0 Å². The first-order valence-electron chi connectivity index (χ1n) is 22.3. The second-order valence-electron chi connectivity index (χ2n) is 17.2. The zero-order valence-electron chi connectivity index (χ0n) is 35.9. The Morgan fingerprint density at radius 1 is 0.381 bits per heavy atom. The molecule has 0 N–H and O–H groups in total. The van der Waals surface area contributed by atoms with Crippen LogP contribution in [0.25, 0.3) is 49.7 Å². The van der Waals surface area contributed by atoms with E-state index in [2.05, 4.69) is 230 Å². The quantitative estimate of drug-likeness (QED) is 0.177. The Bertz CT molecular complexity index is 3350. The minimum Gasteiger partial charge on any atom is -0.457 e. The van der Waals surface area contributed by atoms with Crippen LogP contribution < -0.4 is 9.64 Å². The van der Waals surface area contributed by atoms with Crippen molar-refractivity contribution >= 4 is 38.9 Å². The van der Waals surface area contributed by atoms with Crippen LogP contribution in [0.5, 0.6) is 11.5 Å². The van der Waals surface area contributed by atoms with Crippen molar-refractivity contribution in [3.8, 4) is 39.4 Å². The average Bonchev–Trinajstić information content (AvgIpc) is 3.80. The van der Waals surface area contributed by atoms with E-state index >= 15 is 0 Å². The highest BCUT2D eigenvalue weighted by Crippen LogP contribution is 2.63. The molecule has 9 aromatic carbocycles. The fourth-order valence-corrected chi connectivity index (χ4v) is 11.1. The first kappa shape index (κ1) is 37.2. The maximum absolute atomic E-state index is 6.72. The van der Waals surface area contributed by atoms with Gasteiger partial charge in [-0.1, -0.05) is 167 Å². The van der Waals surface area contributed by atoms with Gasteiger partial charge in [-0.3, -0.25) is 0 Å². The molecule has 3 nitrogen and oxygen atoms in total. The van der Waals surface area contributed by atoms with Gasteiger partial charge in [0.1, 0.15) is 11.5 Å². The van der Waals surface area contributed by atoms with Crippen LogP contribution in [0.1, 0.15) is 61.1 Å². The Kier molecular flexibility index (Phi) is 8.23. The zero-order valence-corrected chi connectivity index (χ0v) is 35.9. The number of benzene rings is 9. The van der Waals surface area contributed by atoms with Crippen molar-refractivity contribution in [2.24, 2.45) is 0 Å². The predicted octanol–water partition coefficient (Wildman–Crippen LogP) is 16.1. The summed E-state index contributed by atoms with van der Waals surface area (Å²) in [6, 6.07) is 75.9. The number of fused-ring (bicyclic) bond motifs is 14. The maximum atomic E-state index is 6.72. The molecule has 0 unspecified atom stereocenters. The summed E-state index contributed by atoms with van der Waals surface area (Å²) < 4.78 is 9.16. The van der Waals surface area contributed by atoms with Gasteiger partial charge in [-0.15, -0.1) is 0 Å². The van der Waals surface area contributed by atoms with Gasteiger partial charge in [0, 0.05) is 38.7 Å². The Morgan fingerprint density at radius 2 is 0.889 bits per heavy atom. The molecule has 0 bridgehead atoms. The largest absolute Gasteiger partial charge is 0.457 e. The lowest BCUT2D eigenvalue weighted by Gasteiger charge is -2.48. The van der Waals surface area contributed by atoms with Crippen molar-refractivity contribution in [2.75, 3.05) is 4.90 Å². The molecule has 0 saturated carbocycles. The molecule has 2 aliphatic heterocycles. The van der Waals surface area contributed by atoms with Crippen LogP contribution in [-0.4, -0.2) is 4.57 Å². The third kappa shape index (κ3) is 5.14. The number of hydrogen-bond donors (Lipinski definition) is 0. The average molecular weight is 811 g/mol. The molecule has 0 amide bonds. The predicted molar refractivity (Wildman–Crippen MR) is 262 cm³/mol. The van der Waals surface area contributed by atoms with Crippen LogP contribution in [-0.2, 0) is 10.8 Å². The van der Waals surface area contributed by atoms with E-state index in [1.54, 1.807) is 0 Å². The third-order valence-corrected chi connectivity index (χ3v) is 13.8. The summed E-state index contributed by atoms with van der Waals surface area (Å²) >= 11 is 0. The lowest BCUT2D eigenvalue weighted by atomic mass is 9.61. The van der Waals surface area contributed by atoms with Crippen LogP contribution in [0, 0.1) is 0 Å². The molecule has 1 spiro atoms. The van der Waals surface area contributed by atoms with Gasteiger partial charge in [-0.25, -0.2) is 0 Å². The molecule has 13 rings (SSSR count). The molecule has 0 saturated heterocycles. The Morgan fingerprint density at radius 3 is 1.54 bits per heavy atom. The minimum atomic E-state index is -0.631. The fraction of sp³-hybridized carbons (Fsp3) is 0.100. The Hall–Kier alpha value is -7.62. The van der Waals surface area contributed by atoms with Crippen LogP contribution in [0.15, 0.2) is 206 Å². The zero-order chi connectivity index (χ0) is 42.5. The van der Waals surface area contributed by atoms with Crippen molar-refractivity contribution in [3.05, 3.63) is 240 Å². The van der Waals surface area contributed by atoms with Gasteiger partial charge in [0.05, 0.1) is 27.8 Å². The highest BCUT2D eigenvalue weighted by molar-refractivity contribution is 6.09. The fourth-order valence-electron chi connectivity index (χ4n) is 11.1. The highest BCUT2D eigenvalue weighted by Gasteiger charge is 2.51. The van der Waals surface area contributed by atoms with Crippen molar-refractivity contribution < 1.29 is 4.74 Å². The van der Waals surface area contributed by atoms with E-state index in [-0.39, 0.29) is 5.41 Å². The molecule has 63 heavy (non-hydrogen) atoms. The second-order valence-corrected chi connectivity index (χ2v) is 17.2. The lowest BCUT2D eigenvalue weighted by Crippen LogP contribution is -2.39. The third-order valence-electron chi connectivity index (χ3n) is 13.8. The van der Waals surface area contributed by atoms with Crippen molar-refractivity contribution in [2.45, 2.75) is 38.5 Å². The summed E-state index contributed by atoms with van der Waals surface area (Å²) in [4.78, 5) is 2.51. The number of aromatic nitrogens is 1. The molecule has 1 aromatic heterocycles. The number of anilines is 3. The Balaban J connectivity index is 0.00000208. The summed E-state index contributed by atoms with van der Waals surface area (Å²) in [7, 11) is 0. The van der Waals surface area contributed by atoms with Crippen LogP contribution in [0.2, 0.25) is 0 Å². The van der Waals surface area contributed by atoms with Gasteiger partial charge in [0.2, 0.25) is 0 Å². The van der Waals surface area contributed by atoms with Crippen LogP contribution >= 0.6 is 0 Å². The summed E-state index contributed by atoms with van der Waals surface area (Å²) in [5.41, 5.74) is 18.7. The molecule has 302 valence electrons. The molecule has 3 heteroatoms. The molecular weight excluding hydrogens is 765 g/mol. The standard InChI is InChI=1S/C58H40N2O.C2H6/c1-57(2)48-35-39(59-51-23-11-6-18-43(51)44-19-7-12-24-52(44)59)29-31-41(48)42-32-30-40(36-49(42)57)60-53-25-13-8-20-45(53)58(50-34-38(28-33-54(50)60)37-16-4-3-5-17-37)46-21-9-14-26-55(46)61-56-27-15-10-22-47(56)58;1-2/h3-36H,1-2H3;1-2H3. The summed E-state index contributed by atoms with van der Waals surface area (Å²) in [6.07, 6.45) is 0. The molecule has 0 radical (unpaired) electrons. The SMILES string of the molecule is CC.CC1(C)c2cc(N3c4ccccc4C4(c5ccccc5Oc5ccccc54)c4cc(-c5ccccc5)ccc43)ccc2-c2ccc(-n3c4ccccc4c4ccccc43)cc21. The molecule has 0 atom stereocenters. The first-order chi connectivity index (χ1) is 31.0. The van der Waals surface area contributed by atoms with E-state index < -0.39 is 5.41 Å². The van der Waals surface area contributed by atoms with E-state index in [1.807, 2.05) is 13.8 Å².